The number of thiol groups is 1. The van der Waals surface area contributed by atoms with Crippen LogP contribution in [0.1, 0.15) is 0 Å². The van der Waals surface area contributed by atoms with Gasteiger partial charge < -0.3 is 5.73 Å². The third-order valence-corrected chi connectivity index (χ3v) is 3.04. The van der Waals surface area contributed by atoms with Crippen molar-refractivity contribution in [2.75, 3.05) is 5.73 Å². The molecule has 0 aliphatic carbocycles. The summed E-state index contributed by atoms with van der Waals surface area (Å²) >= 11 is 3.98. The van der Waals surface area contributed by atoms with E-state index in [-0.39, 0.29) is 34.5 Å². The molecule has 0 atom stereocenters. The molecule has 1 aromatic carbocycles. The predicted molar refractivity (Wildman–Crippen MR) is 58.3 cm³/mol. The fraction of sp³-hybridized carbons (Fsp3) is 0. The van der Waals surface area contributed by atoms with Crippen molar-refractivity contribution in [1.29, 1.82) is 0 Å². The Hall–Kier alpha value is 0.610. The zero-order valence-corrected chi connectivity index (χ0v) is 8.33. The zero-order chi connectivity index (χ0) is 9.35. The molecule has 0 spiro atoms. The van der Waals surface area contributed by atoms with Crippen LogP contribution in [0.3, 0.4) is 0 Å². The van der Waals surface area contributed by atoms with E-state index in [1.54, 1.807) is 0 Å². The maximum atomic E-state index is 10.8. The van der Waals surface area contributed by atoms with Crippen molar-refractivity contribution in [2.45, 2.75) is 9.79 Å². The van der Waals surface area contributed by atoms with E-state index in [9.17, 15) is 8.42 Å². The van der Waals surface area contributed by atoms with E-state index in [1.807, 2.05) is 0 Å². The summed E-state index contributed by atoms with van der Waals surface area (Å²) in [6, 6.07) is 4.10. The van der Waals surface area contributed by atoms with Gasteiger partial charge in [-0.3, -0.25) is 0 Å². The summed E-state index contributed by atoms with van der Waals surface area (Å²) < 4.78 is 21.6. The molecule has 0 aliphatic rings. The number of anilines is 1. The number of hydrogen-bond acceptors (Lipinski definition) is 4. The van der Waals surface area contributed by atoms with Crippen molar-refractivity contribution in [1.82, 2.24) is 0 Å². The van der Waals surface area contributed by atoms with Crippen LogP contribution in [0.5, 0.6) is 0 Å². The molecule has 1 rings (SSSR count). The van der Waals surface area contributed by atoms with Crippen molar-refractivity contribution < 1.29 is 8.42 Å². The molecule has 1 aromatic rings. The van der Waals surface area contributed by atoms with E-state index in [2.05, 4.69) is 12.6 Å². The third-order valence-electron chi connectivity index (χ3n) is 1.28. The van der Waals surface area contributed by atoms with Gasteiger partial charge in [-0.25, -0.2) is 8.42 Å². The summed E-state index contributed by atoms with van der Waals surface area (Å²) in [5.74, 6) is 0. The van der Waals surface area contributed by atoms with Gasteiger partial charge in [0.05, 0.1) is 4.90 Å². The molecule has 0 radical (unpaired) electrons. The first-order valence-electron chi connectivity index (χ1n) is 2.94. The first kappa shape index (κ1) is 13.6. The van der Waals surface area contributed by atoms with Crippen molar-refractivity contribution in [3.05, 3.63) is 18.2 Å². The third kappa shape index (κ3) is 3.69. The topological polar surface area (TPSA) is 60.2 Å². The number of nitrogens with two attached hydrogens (primary N) is 1. The molecule has 0 aliphatic heterocycles. The average Bonchev–Trinajstić information content (AvgIpc) is 1.92. The molecule has 0 heterocycles. The van der Waals surface area contributed by atoms with E-state index < -0.39 is 9.05 Å². The van der Waals surface area contributed by atoms with Gasteiger partial charge in [-0.15, -0.1) is 12.6 Å². The number of nitrogen functional groups attached to an aromatic ring is 1. The van der Waals surface area contributed by atoms with Crippen LogP contribution in [0, 0.1) is 0 Å². The summed E-state index contributed by atoms with van der Waals surface area (Å²) in [4.78, 5) is 0.513. The second kappa shape index (κ2) is 4.91. The van der Waals surface area contributed by atoms with E-state index in [0.29, 0.717) is 10.6 Å². The van der Waals surface area contributed by atoms with Crippen molar-refractivity contribution in [2.24, 2.45) is 0 Å². The maximum absolute atomic E-state index is 10.8. The first-order valence-corrected chi connectivity index (χ1v) is 5.70. The molecule has 13 heavy (non-hydrogen) atoms. The molecule has 0 unspecified atom stereocenters. The van der Waals surface area contributed by atoms with Gasteiger partial charge in [-0.2, -0.15) is 0 Å². The van der Waals surface area contributed by atoms with Gasteiger partial charge in [0.2, 0.25) is 0 Å². The van der Waals surface area contributed by atoms with Crippen LogP contribution in [0.4, 0.5) is 5.69 Å². The van der Waals surface area contributed by atoms with Crippen LogP contribution < -0.4 is 5.73 Å². The minimum absolute atomic E-state index is 0. The molecule has 3 nitrogen and oxygen atoms in total. The van der Waals surface area contributed by atoms with Crippen LogP contribution >= 0.6 is 23.3 Å². The molecule has 0 bridgehead atoms. The van der Waals surface area contributed by atoms with Gasteiger partial charge in [-0.05, 0) is 18.2 Å². The van der Waals surface area contributed by atoms with E-state index in [4.69, 9.17) is 16.4 Å². The zero-order valence-electron chi connectivity index (χ0n) is 5.86. The van der Waals surface area contributed by atoms with Crippen LogP contribution in [-0.2, 0) is 9.05 Å². The average molecular weight is 248 g/mol. The normalized spacial score (nSPS) is 10.6. The Morgan fingerprint density at radius 2 is 1.92 bits per heavy atom. The summed E-state index contributed by atoms with van der Waals surface area (Å²) in [5.41, 5.74) is 5.71. The molecule has 68 valence electrons. The number of halogens is 1. The Morgan fingerprint density at radius 3 is 2.31 bits per heavy atom. The van der Waals surface area contributed by atoms with Gasteiger partial charge >= 0.3 is 29.6 Å². The number of benzene rings is 1. The molecule has 0 amide bonds. The molecule has 0 saturated heterocycles. The number of hydrogen-bond donors (Lipinski definition) is 2. The monoisotopic (exact) mass is 247 g/mol. The quantitative estimate of drug-likeness (QED) is 0.335. The Labute approximate surface area is 109 Å². The van der Waals surface area contributed by atoms with Crippen molar-refractivity contribution >= 4 is 67.6 Å². The van der Waals surface area contributed by atoms with Crippen molar-refractivity contribution in [3.63, 3.8) is 0 Å². The van der Waals surface area contributed by atoms with Gasteiger partial charge in [0.25, 0.3) is 9.05 Å². The minimum atomic E-state index is -3.68. The Morgan fingerprint density at radius 1 is 1.38 bits per heavy atom. The molecule has 7 heteroatoms. The van der Waals surface area contributed by atoms with Gasteiger partial charge in [0, 0.05) is 21.3 Å². The van der Waals surface area contributed by atoms with Gasteiger partial charge in [-0.1, -0.05) is 0 Å². The molecular weight excluding hydrogens is 241 g/mol. The first-order chi connectivity index (χ1) is 5.41. The number of rotatable bonds is 1. The second-order valence-electron chi connectivity index (χ2n) is 2.16. The predicted octanol–water partition coefficient (Wildman–Crippen LogP) is 0.836. The SMILES string of the molecule is Nc1cc(S(=O)(=O)Cl)ccc1S.[NaH]. The standard InChI is InChI=1S/C6H6ClNO2S2.Na.H/c7-12(9,10)4-1-2-6(11)5(8)3-4;;/h1-3,11H,8H2;;. The van der Waals surface area contributed by atoms with E-state index in [0.717, 1.165) is 0 Å². The molecule has 0 aromatic heterocycles. The molecule has 0 fully saturated rings. The fourth-order valence-electron chi connectivity index (χ4n) is 0.684. The summed E-state index contributed by atoms with van der Waals surface area (Å²) in [5, 5.41) is 0. The molecular formula is C6H7ClNNaO2S2. The fourth-order valence-corrected chi connectivity index (χ4v) is 1.61. The van der Waals surface area contributed by atoms with Crippen LogP contribution in [0.15, 0.2) is 28.0 Å². The Kier molecular flexibility index (Phi) is 5.14. The summed E-state index contributed by atoms with van der Waals surface area (Å²) in [6.07, 6.45) is 0. The van der Waals surface area contributed by atoms with Crippen LogP contribution in [-0.4, -0.2) is 38.0 Å². The second-order valence-corrected chi connectivity index (χ2v) is 5.21. The van der Waals surface area contributed by atoms with E-state index in [1.165, 1.54) is 18.2 Å². The van der Waals surface area contributed by atoms with E-state index >= 15 is 0 Å². The van der Waals surface area contributed by atoms with Crippen LogP contribution in [0.2, 0.25) is 0 Å². The Balaban J connectivity index is 0.00000144. The molecule has 0 saturated carbocycles. The van der Waals surface area contributed by atoms with Crippen LogP contribution in [0.25, 0.3) is 0 Å². The van der Waals surface area contributed by atoms with Gasteiger partial charge in [0.1, 0.15) is 0 Å². The van der Waals surface area contributed by atoms with Crippen molar-refractivity contribution in [3.8, 4) is 0 Å². The van der Waals surface area contributed by atoms with Gasteiger partial charge in [0.15, 0.2) is 0 Å². The summed E-state index contributed by atoms with van der Waals surface area (Å²) in [7, 11) is 1.39. The Bertz CT molecular complexity index is 407. The summed E-state index contributed by atoms with van der Waals surface area (Å²) in [6.45, 7) is 0. The molecule has 2 N–H and O–H groups in total.